The minimum Gasteiger partial charge on any atom is -0.463 e. The number of nitrogens with one attached hydrogen (secondary N) is 2. The molecule has 1 amide bonds. The van der Waals surface area contributed by atoms with Gasteiger partial charge in [0, 0.05) is 10.6 Å². The highest BCUT2D eigenvalue weighted by Gasteiger charge is 2.64. The van der Waals surface area contributed by atoms with E-state index in [1.807, 2.05) is 0 Å². The molecule has 0 spiro atoms. The summed E-state index contributed by atoms with van der Waals surface area (Å²) < 4.78 is 47.9. The summed E-state index contributed by atoms with van der Waals surface area (Å²) in [5.74, 6) is -2.89. The minimum atomic E-state index is -5.26. The maximum Gasteiger partial charge on any atom is 0.442 e. The SMILES string of the molecule is CCOC(=O)C(NC(=O)c1cccc(Cl)c1)(Nc1nc2ccccc2s1)C(F)(F)F. The number of nitrogens with zero attached hydrogens (tertiary/aromatic N) is 1. The predicted octanol–water partition coefficient (Wildman–Crippen LogP) is 4.61. The van der Waals surface area contributed by atoms with E-state index in [1.54, 1.807) is 29.6 Å². The molecule has 0 radical (unpaired) electrons. The predicted molar refractivity (Wildman–Crippen MR) is 108 cm³/mol. The number of fused-ring (bicyclic) bond motifs is 1. The third kappa shape index (κ3) is 4.34. The number of ether oxygens (including phenoxy) is 1. The fourth-order valence-electron chi connectivity index (χ4n) is 2.59. The van der Waals surface area contributed by atoms with Crippen molar-refractivity contribution in [3.05, 3.63) is 59.1 Å². The first-order valence-electron chi connectivity index (χ1n) is 8.62. The van der Waals surface area contributed by atoms with Crippen LogP contribution in [-0.4, -0.2) is 35.3 Å². The number of anilines is 1. The van der Waals surface area contributed by atoms with E-state index in [0.717, 1.165) is 11.3 Å². The van der Waals surface area contributed by atoms with Crippen molar-refractivity contribution >= 4 is 50.2 Å². The van der Waals surface area contributed by atoms with Crippen LogP contribution in [0.3, 0.4) is 0 Å². The number of esters is 1. The van der Waals surface area contributed by atoms with E-state index in [2.05, 4.69) is 15.0 Å². The molecule has 3 rings (SSSR count). The van der Waals surface area contributed by atoms with Gasteiger partial charge in [0.25, 0.3) is 5.91 Å². The molecule has 1 unspecified atom stereocenters. The van der Waals surface area contributed by atoms with Crippen LogP contribution >= 0.6 is 22.9 Å². The molecule has 0 aliphatic heterocycles. The average Bonchev–Trinajstić information content (AvgIpc) is 3.08. The van der Waals surface area contributed by atoms with E-state index < -0.39 is 23.7 Å². The Bertz CT molecular complexity index is 1060. The number of amides is 1. The Kier molecular flexibility index (Phi) is 6.18. The lowest BCUT2D eigenvalue weighted by molar-refractivity contribution is -0.204. The first kappa shape index (κ1) is 21.8. The monoisotopic (exact) mass is 457 g/mol. The second-order valence-electron chi connectivity index (χ2n) is 6.04. The maximum absolute atomic E-state index is 14.2. The Hall–Kier alpha value is -2.85. The lowest BCUT2D eigenvalue weighted by Crippen LogP contribution is -2.69. The molecule has 0 aliphatic rings. The molecule has 0 aliphatic carbocycles. The molecule has 0 fully saturated rings. The zero-order valence-electron chi connectivity index (χ0n) is 15.4. The van der Waals surface area contributed by atoms with E-state index in [0.29, 0.717) is 10.2 Å². The molecular weight excluding hydrogens is 443 g/mol. The van der Waals surface area contributed by atoms with Crippen LogP contribution < -0.4 is 10.6 Å². The van der Waals surface area contributed by atoms with E-state index in [1.165, 1.54) is 31.2 Å². The van der Waals surface area contributed by atoms with Crippen molar-refractivity contribution in [2.24, 2.45) is 0 Å². The highest BCUT2D eigenvalue weighted by molar-refractivity contribution is 7.22. The first-order valence-corrected chi connectivity index (χ1v) is 9.81. The van der Waals surface area contributed by atoms with E-state index in [-0.39, 0.29) is 22.3 Å². The number of carbonyl (C=O) groups excluding carboxylic acids is 2. The molecule has 6 nitrogen and oxygen atoms in total. The van der Waals surface area contributed by atoms with Gasteiger partial charge in [-0.15, -0.1) is 0 Å². The summed E-state index contributed by atoms with van der Waals surface area (Å²) in [7, 11) is 0. The van der Waals surface area contributed by atoms with Gasteiger partial charge < -0.3 is 15.4 Å². The topological polar surface area (TPSA) is 80.3 Å². The van der Waals surface area contributed by atoms with E-state index in [4.69, 9.17) is 11.6 Å². The number of para-hydroxylation sites is 1. The quantitative estimate of drug-likeness (QED) is 0.417. The van der Waals surface area contributed by atoms with Crippen LogP contribution in [0.15, 0.2) is 48.5 Å². The van der Waals surface area contributed by atoms with Gasteiger partial charge in [-0.2, -0.15) is 13.2 Å². The summed E-state index contributed by atoms with van der Waals surface area (Å²) in [6.45, 7) is 1.03. The van der Waals surface area contributed by atoms with Crippen LogP contribution in [0.2, 0.25) is 5.02 Å². The number of hydrogen-bond donors (Lipinski definition) is 2. The molecule has 2 N–H and O–H groups in total. The smallest absolute Gasteiger partial charge is 0.442 e. The lowest BCUT2D eigenvalue weighted by atomic mass is 10.1. The Morgan fingerprint density at radius 1 is 1.17 bits per heavy atom. The van der Waals surface area contributed by atoms with Gasteiger partial charge in [0.05, 0.1) is 16.8 Å². The normalized spacial score (nSPS) is 13.5. The van der Waals surface area contributed by atoms with Crippen LogP contribution in [0.1, 0.15) is 17.3 Å². The van der Waals surface area contributed by atoms with Gasteiger partial charge in [-0.3, -0.25) is 4.79 Å². The summed E-state index contributed by atoms with van der Waals surface area (Å²) in [4.78, 5) is 29.2. The van der Waals surface area contributed by atoms with Gasteiger partial charge in [-0.25, -0.2) is 9.78 Å². The summed E-state index contributed by atoms with van der Waals surface area (Å²) in [6, 6.07) is 12.0. The zero-order valence-corrected chi connectivity index (χ0v) is 17.0. The zero-order chi connectivity index (χ0) is 21.9. The largest absolute Gasteiger partial charge is 0.463 e. The van der Waals surface area contributed by atoms with E-state index >= 15 is 0 Å². The number of aromatic nitrogens is 1. The van der Waals surface area contributed by atoms with Crippen LogP contribution in [0.5, 0.6) is 0 Å². The highest BCUT2D eigenvalue weighted by Crippen LogP contribution is 2.36. The summed E-state index contributed by atoms with van der Waals surface area (Å²) in [6.07, 6.45) is -5.26. The Balaban J connectivity index is 2.06. The number of carbonyl (C=O) groups is 2. The molecule has 3 aromatic rings. The van der Waals surface area contributed by atoms with Crippen molar-refractivity contribution in [3.63, 3.8) is 0 Å². The molecule has 1 aromatic heterocycles. The van der Waals surface area contributed by atoms with E-state index in [9.17, 15) is 22.8 Å². The van der Waals surface area contributed by atoms with Crippen molar-refractivity contribution in [2.45, 2.75) is 18.8 Å². The first-order chi connectivity index (χ1) is 14.2. The molecule has 0 bridgehead atoms. The Morgan fingerprint density at radius 3 is 2.53 bits per heavy atom. The van der Waals surface area contributed by atoms with Crippen molar-refractivity contribution in [1.29, 1.82) is 0 Å². The van der Waals surface area contributed by atoms with Crippen LogP contribution in [0.25, 0.3) is 10.2 Å². The maximum atomic E-state index is 14.2. The van der Waals surface area contributed by atoms with Gasteiger partial charge >= 0.3 is 17.8 Å². The molecule has 0 saturated heterocycles. The number of alkyl halides is 3. The minimum absolute atomic E-state index is 0.149. The summed E-state index contributed by atoms with van der Waals surface area (Å²) in [5.41, 5.74) is -3.28. The molecule has 1 atom stereocenters. The third-order valence-corrected chi connectivity index (χ3v) is 5.17. The fourth-order valence-corrected chi connectivity index (χ4v) is 3.70. The van der Waals surface area contributed by atoms with Crippen LogP contribution in [0, 0.1) is 0 Å². The molecule has 158 valence electrons. The Labute approximate surface area is 178 Å². The van der Waals surface area contributed by atoms with Gasteiger partial charge in [-0.05, 0) is 37.3 Å². The average molecular weight is 458 g/mol. The summed E-state index contributed by atoms with van der Waals surface area (Å²) >= 11 is 6.72. The van der Waals surface area contributed by atoms with Crippen molar-refractivity contribution in [2.75, 3.05) is 11.9 Å². The van der Waals surface area contributed by atoms with Crippen molar-refractivity contribution in [1.82, 2.24) is 10.3 Å². The number of halogens is 4. The second-order valence-corrected chi connectivity index (χ2v) is 7.51. The second kappa shape index (κ2) is 8.49. The molecule has 11 heteroatoms. The van der Waals surface area contributed by atoms with Crippen LogP contribution in [0.4, 0.5) is 18.3 Å². The van der Waals surface area contributed by atoms with Crippen molar-refractivity contribution < 1.29 is 27.5 Å². The van der Waals surface area contributed by atoms with Crippen molar-refractivity contribution in [3.8, 4) is 0 Å². The number of thiazole rings is 1. The number of hydrogen-bond acceptors (Lipinski definition) is 6. The Morgan fingerprint density at radius 2 is 1.90 bits per heavy atom. The molecule has 1 heterocycles. The van der Waals surface area contributed by atoms with Crippen LogP contribution in [-0.2, 0) is 9.53 Å². The lowest BCUT2D eigenvalue weighted by Gasteiger charge is -2.34. The number of benzene rings is 2. The molecule has 30 heavy (non-hydrogen) atoms. The third-order valence-electron chi connectivity index (χ3n) is 3.98. The number of rotatable bonds is 6. The molecular formula is C19H15ClF3N3O3S. The van der Waals surface area contributed by atoms with Gasteiger partial charge in [0.2, 0.25) is 0 Å². The molecule has 0 saturated carbocycles. The standard InChI is InChI=1S/C19H15ClF3N3O3S/c1-2-29-16(28)18(19(21,22)23,25-15(27)11-6-5-7-12(20)10-11)26-17-24-13-8-3-4-9-14(13)30-17/h3-10H,2H2,1H3,(H,24,26)(H,25,27). The highest BCUT2D eigenvalue weighted by atomic mass is 35.5. The summed E-state index contributed by atoms with van der Waals surface area (Å²) in [5, 5.41) is 3.75. The fraction of sp³-hybridized carbons (Fsp3) is 0.211. The van der Waals surface area contributed by atoms with Gasteiger partial charge in [0.1, 0.15) is 0 Å². The van der Waals surface area contributed by atoms with Gasteiger partial charge in [-0.1, -0.05) is 41.1 Å². The molecule has 2 aromatic carbocycles. The van der Waals surface area contributed by atoms with Gasteiger partial charge in [0.15, 0.2) is 5.13 Å².